The van der Waals surface area contributed by atoms with Crippen molar-refractivity contribution in [2.75, 3.05) is 26.2 Å². The third-order valence-corrected chi connectivity index (χ3v) is 6.02. The van der Waals surface area contributed by atoms with Crippen LogP contribution in [0, 0.1) is 10.1 Å². The molecular weight excluding hydrogens is 394 g/mol. The molecule has 1 heterocycles. The van der Waals surface area contributed by atoms with E-state index in [0.29, 0.717) is 0 Å². The van der Waals surface area contributed by atoms with Crippen LogP contribution in [-0.2, 0) is 0 Å². The molecule has 0 amide bonds. The van der Waals surface area contributed by atoms with Gasteiger partial charge in [-0.05, 0) is 23.3 Å². The number of non-ortho nitro benzene ring substituents is 1. The summed E-state index contributed by atoms with van der Waals surface area (Å²) in [6.07, 6.45) is 0. The van der Waals surface area contributed by atoms with Gasteiger partial charge in [-0.1, -0.05) is 72.9 Å². The molecule has 1 aliphatic heterocycles. The van der Waals surface area contributed by atoms with Gasteiger partial charge >= 0.3 is 0 Å². The number of nitro groups is 1. The average molecular weight is 418 g/mol. The first-order chi connectivity index (χ1) is 14.6. The van der Waals surface area contributed by atoms with Crippen LogP contribution < -0.4 is 0 Å². The average Bonchev–Trinajstić information content (AvgIpc) is 2.81. The van der Waals surface area contributed by atoms with Gasteiger partial charge in [-0.15, -0.1) is 0 Å². The second kappa shape index (κ2) is 9.15. The lowest BCUT2D eigenvalue weighted by Crippen LogP contribution is -2.49. The number of hydrogen-bond donors (Lipinski definition) is 0. The zero-order valence-electron chi connectivity index (χ0n) is 16.6. The first-order valence-electron chi connectivity index (χ1n) is 10.0. The van der Waals surface area contributed by atoms with E-state index >= 15 is 0 Å². The van der Waals surface area contributed by atoms with Crippen molar-refractivity contribution in [3.8, 4) is 0 Å². The van der Waals surface area contributed by atoms with Crippen molar-refractivity contribution >= 4 is 22.9 Å². The van der Waals surface area contributed by atoms with Gasteiger partial charge < -0.3 is 4.90 Å². The minimum atomic E-state index is -0.390. The Morgan fingerprint density at radius 1 is 0.800 bits per heavy atom. The third-order valence-electron chi connectivity index (χ3n) is 5.52. The Kier molecular flexibility index (Phi) is 6.16. The minimum Gasteiger partial charge on any atom is -0.360 e. The Labute approximate surface area is 181 Å². The number of nitro benzene ring substituents is 1. The van der Waals surface area contributed by atoms with E-state index in [2.05, 4.69) is 58.3 Å². The summed E-state index contributed by atoms with van der Waals surface area (Å²) in [6.45, 7) is 3.43. The first-order valence-corrected chi connectivity index (χ1v) is 10.4. The van der Waals surface area contributed by atoms with E-state index in [0.717, 1.165) is 36.7 Å². The van der Waals surface area contributed by atoms with Crippen LogP contribution in [0.25, 0.3) is 0 Å². The lowest BCUT2D eigenvalue weighted by molar-refractivity contribution is -0.384. The van der Waals surface area contributed by atoms with Crippen molar-refractivity contribution in [2.24, 2.45) is 0 Å². The minimum absolute atomic E-state index is 0.0833. The smallest absolute Gasteiger partial charge is 0.269 e. The van der Waals surface area contributed by atoms with E-state index in [4.69, 9.17) is 12.2 Å². The number of benzene rings is 3. The van der Waals surface area contributed by atoms with E-state index in [1.54, 1.807) is 12.1 Å². The lowest BCUT2D eigenvalue weighted by Gasteiger charge is -2.40. The lowest BCUT2D eigenvalue weighted by atomic mass is 9.96. The van der Waals surface area contributed by atoms with Crippen LogP contribution in [-0.4, -0.2) is 45.9 Å². The molecule has 0 bridgehead atoms. The summed E-state index contributed by atoms with van der Waals surface area (Å²) in [7, 11) is 0. The Bertz CT molecular complexity index is 962. The van der Waals surface area contributed by atoms with E-state index in [1.165, 1.54) is 23.3 Å². The Balaban J connectivity index is 1.48. The van der Waals surface area contributed by atoms with E-state index < -0.39 is 0 Å². The fourth-order valence-electron chi connectivity index (χ4n) is 3.98. The molecule has 30 heavy (non-hydrogen) atoms. The van der Waals surface area contributed by atoms with Gasteiger partial charge in [0, 0.05) is 43.9 Å². The maximum Gasteiger partial charge on any atom is 0.269 e. The molecule has 0 spiro atoms. The number of thiocarbonyl (C=S) groups is 1. The quantitative estimate of drug-likeness (QED) is 0.343. The third kappa shape index (κ3) is 4.40. The second-order valence-corrected chi connectivity index (χ2v) is 7.74. The molecule has 3 aromatic rings. The molecule has 4 rings (SSSR count). The van der Waals surface area contributed by atoms with Crippen molar-refractivity contribution in [1.82, 2.24) is 9.80 Å². The molecule has 152 valence electrons. The van der Waals surface area contributed by atoms with Crippen LogP contribution in [0.4, 0.5) is 5.69 Å². The maximum atomic E-state index is 10.9. The molecule has 0 N–H and O–H groups in total. The summed E-state index contributed by atoms with van der Waals surface area (Å²) in [5, 5.41) is 10.9. The van der Waals surface area contributed by atoms with Crippen molar-refractivity contribution < 1.29 is 4.92 Å². The van der Waals surface area contributed by atoms with Gasteiger partial charge in [0.1, 0.15) is 4.99 Å². The fraction of sp³-hybridized carbons (Fsp3) is 0.208. The molecular formula is C24H23N3O2S. The normalized spacial score (nSPS) is 14.6. The molecule has 0 aromatic heterocycles. The zero-order chi connectivity index (χ0) is 20.9. The van der Waals surface area contributed by atoms with Crippen LogP contribution in [0.3, 0.4) is 0 Å². The van der Waals surface area contributed by atoms with Crippen LogP contribution >= 0.6 is 12.2 Å². The van der Waals surface area contributed by atoms with E-state index in [1.807, 2.05) is 12.1 Å². The summed E-state index contributed by atoms with van der Waals surface area (Å²) in [5.41, 5.74) is 3.51. The molecule has 6 heteroatoms. The van der Waals surface area contributed by atoms with Crippen molar-refractivity contribution in [2.45, 2.75) is 6.04 Å². The van der Waals surface area contributed by atoms with Crippen LogP contribution in [0.1, 0.15) is 22.7 Å². The fourth-order valence-corrected chi connectivity index (χ4v) is 4.29. The van der Waals surface area contributed by atoms with Gasteiger partial charge in [0.25, 0.3) is 5.69 Å². The molecule has 5 nitrogen and oxygen atoms in total. The predicted octanol–water partition coefficient (Wildman–Crippen LogP) is 4.68. The molecule has 1 aliphatic rings. The van der Waals surface area contributed by atoms with Gasteiger partial charge in [0.15, 0.2) is 0 Å². The molecule has 3 aromatic carbocycles. The highest BCUT2D eigenvalue weighted by Gasteiger charge is 2.27. The number of rotatable bonds is 5. The molecule has 0 aliphatic carbocycles. The summed E-state index contributed by atoms with van der Waals surface area (Å²) in [5.74, 6) is 0. The van der Waals surface area contributed by atoms with Gasteiger partial charge in [-0.3, -0.25) is 15.0 Å². The number of nitrogens with zero attached hydrogens (tertiary/aromatic N) is 3. The van der Waals surface area contributed by atoms with E-state index in [-0.39, 0.29) is 16.7 Å². The SMILES string of the molecule is O=[N+]([O-])c1ccc(C(=S)N2CCN(C(c3ccccc3)c3ccccc3)CC2)cc1. The first kappa shape index (κ1) is 20.2. The highest BCUT2D eigenvalue weighted by Crippen LogP contribution is 2.29. The standard InChI is InChI=1S/C24H23N3O2S/c28-27(29)22-13-11-21(12-14-22)24(30)26-17-15-25(16-18-26)23(19-7-3-1-4-8-19)20-9-5-2-6-10-20/h1-14,23H,15-18H2. The molecule has 1 saturated heterocycles. The Morgan fingerprint density at radius 3 is 1.77 bits per heavy atom. The molecule has 1 fully saturated rings. The van der Waals surface area contributed by atoms with Gasteiger partial charge in [-0.2, -0.15) is 0 Å². The molecule has 0 atom stereocenters. The summed E-state index contributed by atoms with van der Waals surface area (Å²) < 4.78 is 0. The van der Waals surface area contributed by atoms with Crippen LogP contribution in [0.5, 0.6) is 0 Å². The van der Waals surface area contributed by atoms with E-state index in [9.17, 15) is 10.1 Å². The molecule has 0 saturated carbocycles. The largest absolute Gasteiger partial charge is 0.360 e. The number of hydrogen-bond acceptors (Lipinski definition) is 4. The van der Waals surface area contributed by atoms with Gasteiger partial charge in [0.2, 0.25) is 0 Å². The second-order valence-electron chi connectivity index (χ2n) is 7.36. The molecule has 0 unspecified atom stereocenters. The van der Waals surface area contributed by atoms with Crippen LogP contribution in [0.15, 0.2) is 84.9 Å². The summed E-state index contributed by atoms with van der Waals surface area (Å²) in [4.78, 5) is 15.9. The highest BCUT2D eigenvalue weighted by molar-refractivity contribution is 7.80. The topological polar surface area (TPSA) is 49.6 Å². The Hall–Kier alpha value is -3.09. The maximum absolute atomic E-state index is 10.9. The van der Waals surface area contributed by atoms with Crippen molar-refractivity contribution in [1.29, 1.82) is 0 Å². The summed E-state index contributed by atoms with van der Waals surface area (Å²) >= 11 is 5.68. The van der Waals surface area contributed by atoms with Crippen LogP contribution in [0.2, 0.25) is 0 Å². The zero-order valence-corrected chi connectivity index (χ0v) is 17.4. The van der Waals surface area contributed by atoms with Crippen molar-refractivity contribution in [3.05, 3.63) is 112 Å². The highest BCUT2D eigenvalue weighted by atomic mass is 32.1. The van der Waals surface area contributed by atoms with Gasteiger partial charge in [-0.25, -0.2) is 0 Å². The monoisotopic (exact) mass is 417 g/mol. The van der Waals surface area contributed by atoms with Gasteiger partial charge in [0.05, 0.1) is 11.0 Å². The predicted molar refractivity (Wildman–Crippen MR) is 123 cm³/mol. The summed E-state index contributed by atoms with van der Waals surface area (Å²) in [6, 6.07) is 27.9. The Morgan fingerprint density at radius 2 is 1.30 bits per heavy atom. The number of piperazine rings is 1. The molecule has 0 radical (unpaired) electrons. The van der Waals surface area contributed by atoms with Crippen molar-refractivity contribution in [3.63, 3.8) is 0 Å².